The lowest BCUT2D eigenvalue weighted by Gasteiger charge is -2.17. The maximum absolute atomic E-state index is 12.9. The number of benzene rings is 3. The van der Waals surface area contributed by atoms with Crippen LogP contribution in [0, 0.1) is 6.92 Å². The van der Waals surface area contributed by atoms with E-state index in [4.69, 9.17) is 4.74 Å². The molecule has 1 N–H and O–H groups in total. The minimum Gasteiger partial charge on any atom is -0.449 e. The zero-order valence-electron chi connectivity index (χ0n) is 20.3. The highest BCUT2D eigenvalue weighted by molar-refractivity contribution is 7.89. The van der Waals surface area contributed by atoms with E-state index in [2.05, 4.69) is 5.32 Å². The molecule has 3 aromatic carbocycles. The maximum atomic E-state index is 12.9. The number of carbonyl (C=O) groups is 2. The van der Waals surface area contributed by atoms with E-state index >= 15 is 0 Å². The molecule has 0 fully saturated rings. The number of hydrogen-bond donors (Lipinski definition) is 1. The second kappa shape index (κ2) is 11.3. The van der Waals surface area contributed by atoms with E-state index in [0.717, 1.165) is 21.9 Å². The molecule has 0 radical (unpaired) electrons. The minimum atomic E-state index is -3.66. The van der Waals surface area contributed by atoms with E-state index in [1.54, 1.807) is 25.1 Å². The summed E-state index contributed by atoms with van der Waals surface area (Å²) in [6.07, 6.45) is 0.340. The number of anilines is 1. The predicted octanol–water partition coefficient (Wildman–Crippen LogP) is 4.21. The molecule has 0 saturated heterocycles. The Hall–Kier alpha value is -3.49. The highest BCUT2D eigenvalue weighted by Gasteiger charge is 2.23. The largest absolute Gasteiger partial charge is 0.449 e. The molecule has 35 heavy (non-hydrogen) atoms. The van der Waals surface area contributed by atoms with Gasteiger partial charge in [0.1, 0.15) is 0 Å². The molecule has 184 valence electrons. The Kier molecular flexibility index (Phi) is 8.43. The maximum Gasteiger partial charge on any atom is 0.339 e. The van der Waals surface area contributed by atoms with Gasteiger partial charge in [-0.15, -0.1) is 0 Å². The van der Waals surface area contributed by atoms with Gasteiger partial charge >= 0.3 is 5.97 Å². The fourth-order valence-corrected chi connectivity index (χ4v) is 4.41. The van der Waals surface area contributed by atoms with Gasteiger partial charge in [-0.2, -0.15) is 0 Å². The molecular formula is C27H30N2O5S. The average molecular weight is 495 g/mol. The Morgan fingerprint density at radius 1 is 0.943 bits per heavy atom. The number of carbonyl (C=O) groups excluding carboxylic acids is 2. The van der Waals surface area contributed by atoms with Gasteiger partial charge in [0.15, 0.2) is 6.10 Å². The quantitative estimate of drug-likeness (QED) is 0.450. The Balaban J connectivity index is 1.69. The van der Waals surface area contributed by atoms with Crippen LogP contribution < -0.4 is 5.32 Å². The number of ether oxygens (including phenoxy) is 1. The average Bonchev–Trinajstić information content (AvgIpc) is 2.84. The number of nitrogens with one attached hydrogen (secondary N) is 1. The number of sulfonamides is 1. The molecule has 0 aliphatic heterocycles. The van der Waals surface area contributed by atoms with Crippen LogP contribution in [-0.4, -0.2) is 44.8 Å². The smallest absolute Gasteiger partial charge is 0.339 e. The summed E-state index contributed by atoms with van der Waals surface area (Å²) in [6, 6.07) is 21.7. The lowest BCUT2D eigenvalue weighted by molar-refractivity contribution is -0.123. The SMILES string of the molecule is Cc1ccc(S(=O)(=O)N(C)C)cc1NC(=O)C(C)OC(=O)c1ccccc1CCc1ccccc1. The van der Waals surface area contributed by atoms with Crippen LogP contribution >= 0.6 is 0 Å². The van der Waals surface area contributed by atoms with E-state index in [1.807, 2.05) is 42.5 Å². The predicted molar refractivity (Wildman–Crippen MR) is 136 cm³/mol. The van der Waals surface area contributed by atoms with Crippen LogP contribution in [0.4, 0.5) is 5.69 Å². The third-order valence-electron chi connectivity index (χ3n) is 5.66. The summed E-state index contributed by atoms with van der Waals surface area (Å²) < 4.78 is 31.4. The van der Waals surface area contributed by atoms with Gasteiger partial charge in [-0.05, 0) is 61.6 Å². The van der Waals surface area contributed by atoms with Crippen LogP contribution in [0.2, 0.25) is 0 Å². The summed E-state index contributed by atoms with van der Waals surface area (Å²) in [7, 11) is -0.787. The molecule has 3 rings (SSSR count). The summed E-state index contributed by atoms with van der Waals surface area (Å²) in [5.41, 5.74) is 3.44. The van der Waals surface area contributed by atoms with Gasteiger partial charge < -0.3 is 10.1 Å². The molecule has 1 atom stereocenters. The molecule has 1 unspecified atom stereocenters. The zero-order chi connectivity index (χ0) is 25.6. The molecule has 1 amide bonds. The molecule has 0 bridgehead atoms. The molecular weight excluding hydrogens is 464 g/mol. The van der Waals surface area contributed by atoms with Crippen LogP contribution in [0.3, 0.4) is 0 Å². The van der Waals surface area contributed by atoms with Crippen molar-refractivity contribution in [3.63, 3.8) is 0 Å². The molecule has 0 aliphatic rings. The van der Waals surface area contributed by atoms with Gasteiger partial charge in [-0.3, -0.25) is 4.79 Å². The molecule has 0 spiro atoms. The van der Waals surface area contributed by atoms with Crippen LogP contribution in [0.1, 0.15) is 34.0 Å². The molecule has 0 aliphatic carbocycles. The van der Waals surface area contributed by atoms with Crippen molar-refractivity contribution in [2.45, 2.75) is 37.7 Å². The number of aryl methyl sites for hydroxylation is 3. The van der Waals surface area contributed by atoms with Crippen molar-refractivity contribution in [2.75, 3.05) is 19.4 Å². The van der Waals surface area contributed by atoms with Gasteiger partial charge in [-0.25, -0.2) is 17.5 Å². The molecule has 7 nitrogen and oxygen atoms in total. The normalized spacial score (nSPS) is 12.3. The van der Waals surface area contributed by atoms with Crippen LogP contribution in [0.25, 0.3) is 0 Å². The third-order valence-corrected chi connectivity index (χ3v) is 7.47. The monoisotopic (exact) mass is 494 g/mol. The second-order valence-electron chi connectivity index (χ2n) is 8.44. The Morgan fingerprint density at radius 2 is 1.60 bits per heavy atom. The van der Waals surface area contributed by atoms with E-state index < -0.39 is 28.0 Å². The molecule has 3 aromatic rings. The van der Waals surface area contributed by atoms with Crippen molar-refractivity contribution in [1.82, 2.24) is 4.31 Å². The van der Waals surface area contributed by atoms with E-state index in [0.29, 0.717) is 23.2 Å². The number of amides is 1. The van der Waals surface area contributed by atoms with Crippen LogP contribution in [0.15, 0.2) is 77.7 Å². The second-order valence-corrected chi connectivity index (χ2v) is 10.6. The standard InChI is InChI=1S/C27H30N2O5S/c1-19-14-17-23(35(32,33)29(3)4)18-25(19)28-26(30)20(2)34-27(31)24-13-9-8-12-22(24)16-15-21-10-6-5-7-11-21/h5-14,17-18,20H,15-16H2,1-4H3,(H,28,30). The first-order chi connectivity index (χ1) is 16.6. The first-order valence-corrected chi connectivity index (χ1v) is 12.7. The molecule has 0 heterocycles. The number of rotatable bonds is 9. The minimum absolute atomic E-state index is 0.0559. The summed E-state index contributed by atoms with van der Waals surface area (Å²) in [5, 5.41) is 2.68. The van der Waals surface area contributed by atoms with Gasteiger partial charge in [-0.1, -0.05) is 54.6 Å². The topological polar surface area (TPSA) is 92.8 Å². The van der Waals surface area contributed by atoms with Crippen molar-refractivity contribution >= 4 is 27.6 Å². The van der Waals surface area contributed by atoms with Crippen molar-refractivity contribution in [3.8, 4) is 0 Å². The summed E-state index contributed by atoms with van der Waals surface area (Å²) in [6.45, 7) is 3.23. The first-order valence-electron chi connectivity index (χ1n) is 11.3. The Bertz CT molecular complexity index is 1300. The highest BCUT2D eigenvalue weighted by atomic mass is 32.2. The van der Waals surface area contributed by atoms with Crippen molar-refractivity contribution in [3.05, 3.63) is 95.1 Å². The van der Waals surface area contributed by atoms with Crippen LogP contribution in [0.5, 0.6) is 0 Å². The van der Waals surface area contributed by atoms with Crippen LogP contribution in [-0.2, 0) is 32.4 Å². The number of esters is 1. The van der Waals surface area contributed by atoms with E-state index in [1.165, 1.54) is 33.2 Å². The Morgan fingerprint density at radius 3 is 2.29 bits per heavy atom. The fraction of sp³-hybridized carbons (Fsp3) is 0.259. The van der Waals surface area contributed by atoms with Gasteiger partial charge in [0.05, 0.1) is 10.5 Å². The zero-order valence-corrected chi connectivity index (χ0v) is 21.1. The Labute approximate surface area is 206 Å². The lowest BCUT2D eigenvalue weighted by Crippen LogP contribution is -2.30. The summed E-state index contributed by atoms with van der Waals surface area (Å²) in [4.78, 5) is 25.7. The first kappa shape index (κ1) is 26.1. The molecule has 0 aromatic heterocycles. The summed E-state index contributed by atoms with van der Waals surface area (Å²) in [5.74, 6) is -1.14. The van der Waals surface area contributed by atoms with Gasteiger partial charge in [0.25, 0.3) is 5.91 Å². The summed E-state index contributed by atoms with van der Waals surface area (Å²) >= 11 is 0. The highest BCUT2D eigenvalue weighted by Crippen LogP contribution is 2.22. The number of hydrogen-bond acceptors (Lipinski definition) is 5. The van der Waals surface area contributed by atoms with Crippen molar-refractivity contribution in [1.29, 1.82) is 0 Å². The van der Waals surface area contributed by atoms with E-state index in [9.17, 15) is 18.0 Å². The van der Waals surface area contributed by atoms with Gasteiger partial charge in [0, 0.05) is 19.8 Å². The van der Waals surface area contributed by atoms with Crippen molar-refractivity contribution in [2.24, 2.45) is 0 Å². The fourth-order valence-electron chi connectivity index (χ4n) is 3.48. The molecule has 8 heteroatoms. The third kappa shape index (κ3) is 6.55. The van der Waals surface area contributed by atoms with Crippen molar-refractivity contribution < 1.29 is 22.7 Å². The lowest BCUT2D eigenvalue weighted by atomic mass is 10.00. The van der Waals surface area contributed by atoms with Gasteiger partial charge in [0.2, 0.25) is 10.0 Å². The number of nitrogens with zero attached hydrogens (tertiary/aromatic N) is 1. The molecule has 0 saturated carbocycles. The van der Waals surface area contributed by atoms with E-state index in [-0.39, 0.29) is 4.90 Å².